The first kappa shape index (κ1) is 21.5. The Balaban J connectivity index is 1.53. The number of anilines is 1. The van der Waals surface area contributed by atoms with E-state index in [0.717, 1.165) is 42.8 Å². The van der Waals surface area contributed by atoms with Crippen LogP contribution in [0.5, 0.6) is 11.5 Å². The van der Waals surface area contributed by atoms with Gasteiger partial charge in [0, 0.05) is 13.1 Å². The maximum absolute atomic E-state index is 12.9. The third-order valence-electron chi connectivity index (χ3n) is 5.46. The first-order valence-corrected chi connectivity index (χ1v) is 11.0. The standard InChI is InChI=1S/C23H27ClN4O3/c1-3-27(4-2)9-10-28-19-8-6-5-7-18(19)25-23(28)26-21(29)15-16-13-17(24)22-20(14-16)30-11-12-31-22/h5-8,13-14H,3-4,9-12,15H2,1-2H3,(H,25,26,29). The molecule has 0 radical (unpaired) electrons. The Morgan fingerprint density at radius 1 is 1.19 bits per heavy atom. The van der Waals surface area contributed by atoms with Crippen LogP contribution in [0.25, 0.3) is 11.0 Å². The van der Waals surface area contributed by atoms with E-state index in [-0.39, 0.29) is 12.3 Å². The summed E-state index contributed by atoms with van der Waals surface area (Å²) in [7, 11) is 0. The van der Waals surface area contributed by atoms with E-state index < -0.39 is 0 Å². The second kappa shape index (κ2) is 9.58. The van der Waals surface area contributed by atoms with Gasteiger partial charge in [0.25, 0.3) is 0 Å². The van der Waals surface area contributed by atoms with E-state index in [2.05, 4.69) is 33.6 Å². The van der Waals surface area contributed by atoms with Crippen molar-refractivity contribution >= 4 is 34.5 Å². The number of ether oxygens (including phenoxy) is 2. The van der Waals surface area contributed by atoms with E-state index in [1.807, 2.05) is 30.3 Å². The third-order valence-corrected chi connectivity index (χ3v) is 5.74. The van der Waals surface area contributed by atoms with Crippen LogP contribution in [0.4, 0.5) is 5.95 Å². The summed E-state index contributed by atoms with van der Waals surface area (Å²) in [6.07, 6.45) is 0.162. The summed E-state index contributed by atoms with van der Waals surface area (Å²) in [4.78, 5) is 19.8. The molecule has 1 aliphatic rings. The summed E-state index contributed by atoms with van der Waals surface area (Å²) < 4.78 is 13.2. The minimum atomic E-state index is -0.160. The van der Waals surface area contributed by atoms with E-state index in [0.29, 0.717) is 35.7 Å². The van der Waals surface area contributed by atoms with Gasteiger partial charge in [-0.2, -0.15) is 0 Å². The molecule has 0 atom stereocenters. The Kier molecular flexibility index (Phi) is 6.63. The fourth-order valence-corrected chi connectivity index (χ4v) is 4.09. The Morgan fingerprint density at radius 2 is 1.97 bits per heavy atom. The molecule has 2 heterocycles. The van der Waals surface area contributed by atoms with Crippen molar-refractivity contribution in [2.75, 3.05) is 38.2 Å². The summed E-state index contributed by atoms with van der Waals surface area (Å²) in [5.74, 6) is 1.51. The molecule has 1 amide bonds. The molecular formula is C23H27ClN4O3. The second-order valence-electron chi connectivity index (χ2n) is 7.43. The predicted molar refractivity (Wildman–Crippen MR) is 122 cm³/mol. The highest BCUT2D eigenvalue weighted by molar-refractivity contribution is 6.32. The molecule has 164 valence electrons. The first-order chi connectivity index (χ1) is 15.1. The number of halogens is 1. The smallest absolute Gasteiger partial charge is 0.231 e. The molecule has 3 aromatic rings. The average Bonchev–Trinajstić information content (AvgIpc) is 3.11. The fraction of sp³-hybridized carbons (Fsp3) is 0.391. The van der Waals surface area contributed by atoms with Gasteiger partial charge in [0.2, 0.25) is 11.9 Å². The molecule has 7 nitrogen and oxygen atoms in total. The SMILES string of the molecule is CCN(CC)CCn1c(NC(=O)Cc2cc(Cl)c3c(c2)OCCO3)nc2ccccc21. The molecule has 0 bridgehead atoms. The van der Waals surface area contributed by atoms with Crippen molar-refractivity contribution in [3.05, 3.63) is 47.0 Å². The molecular weight excluding hydrogens is 416 g/mol. The van der Waals surface area contributed by atoms with Crippen LogP contribution in [0, 0.1) is 0 Å². The lowest BCUT2D eigenvalue weighted by Crippen LogP contribution is -2.28. The lowest BCUT2D eigenvalue weighted by molar-refractivity contribution is -0.115. The van der Waals surface area contributed by atoms with Gasteiger partial charge in [-0.15, -0.1) is 0 Å². The summed E-state index contributed by atoms with van der Waals surface area (Å²) in [5.41, 5.74) is 2.63. The molecule has 0 spiro atoms. The highest BCUT2D eigenvalue weighted by Crippen LogP contribution is 2.38. The summed E-state index contributed by atoms with van der Waals surface area (Å²) in [6, 6.07) is 11.5. The van der Waals surface area contributed by atoms with Crippen molar-refractivity contribution in [2.24, 2.45) is 0 Å². The van der Waals surface area contributed by atoms with Crippen LogP contribution in [0.1, 0.15) is 19.4 Å². The van der Waals surface area contributed by atoms with Gasteiger partial charge in [-0.25, -0.2) is 4.98 Å². The number of nitrogens with one attached hydrogen (secondary N) is 1. The van der Waals surface area contributed by atoms with Crippen molar-refractivity contribution in [2.45, 2.75) is 26.8 Å². The number of rotatable bonds is 8. The number of aromatic nitrogens is 2. The highest BCUT2D eigenvalue weighted by Gasteiger charge is 2.19. The van der Waals surface area contributed by atoms with Crippen LogP contribution in [0.15, 0.2) is 36.4 Å². The van der Waals surface area contributed by atoms with Crippen LogP contribution in [-0.4, -0.2) is 53.2 Å². The molecule has 0 fully saturated rings. The van der Waals surface area contributed by atoms with E-state index in [4.69, 9.17) is 21.1 Å². The zero-order valence-electron chi connectivity index (χ0n) is 17.9. The Labute approximate surface area is 186 Å². The lowest BCUT2D eigenvalue weighted by Gasteiger charge is -2.20. The molecule has 1 aromatic heterocycles. The van der Waals surface area contributed by atoms with Crippen molar-refractivity contribution < 1.29 is 14.3 Å². The maximum atomic E-state index is 12.9. The number of fused-ring (bicyclic) bond motifs is 2. The van der Waals surface area contributed by atoms with Gasteiger partial charge in [-0.1, -0.05) is 37.6 Å². The number of benzene rings is 2. The number of carbonyl (C=O) groups excluding carboxylic acids is 1. The Bertz CT molecular complexity index is 1080. The minimum absolute atomic E-state index is 0.160. The van der Waals surface area contributed by atoms with Crippen LogP contribution in [0.3, 0.4) is 0 Å². The molecule has 8 heteroatoms. The van der Waals surface area contributed by atoms with Crippen LogP contribution >= 0.6 is 11.6 Å². The molecule has 0 saturated heterocycles. The average molecular weight is 443 g/mol. The molecule has 4 rings (SSSR count). The molecule has 31 heavy (non-hydrogen) atoms. The molecule has 2 aromatic carbocycles. The van der Waals surface area contributed by atoms with E-state index in [9.17, 15) is 4.79 Å². The van der Waals surface area contributed by atoms with Crippen LogP contribution in [-0.2, 0) is 17.8 Å². The number of hydrogen-bond donors (Lipinski definition) is 1. The van der Waals surface area contributed by atoms with Crippen molar-refractivity contribution in [1.29, 1.82) is 0 Å². The topological polar surface area (TPSA) is 68.6 Å². The number of carbonyl (C=O) groups is 1. The predicted octanol–water partition coefficient (Wildman–Crippen LogP) is 3.98. The van der Waals surface area contributed by atoms with Gasteiger partial charge < -0.3 is 18.9 Å². The number of hydrogen-bond acceptors (Lipinski definition) is 5. The molecule has 1 N–H and O–H groups in total. The second-order valence-corrected chi connectivity index (χ2v) is 7.84. The van der Waals surface area contributed by atoms with Gasteiger partial charge in [-0.05, 0) is 42.9 Å². The zero-order valence-corrected chi connectivity index (χ0v) is 18.6. The zero-order chi connectivity index (χ0) is 21.8. The third kappa shape index (κ3) is 4.78. The summed E-state index contributed by atoms with van der Waals surface area (Å²) >= 11 is 6.31. The van der Waals surface area contributed by atoms with Crippen molar-refractivity contribution in [3.63, 3.8) is 0 Å². The molecule has 1 aliphatic heterocycles. The first-order valence-electron chi connectivity index (χ1n) is 10.6. The van der Waals surface area contributed by atoms with E-state index in [1.165, 1.54) is 0 Å². The van der Waals surface area contributed by atoms with E-state index in [1.54, 1.807) is 6.07 Å². The summed E-state index contributed by atoms with van der Waals surface area (Å²) in [5, 5.41) is 3.44. The van der Waals surface area contributed by atoms with E-state index >= 15 is 0 Å². The van der Waals surface area contributed by atoms with Gasteiger partial charge >= 0.3 is 0 Å². The van der Waals surface area contributed by atoms with Crippen LogP contribution < -0.4 is 14.8 Å². The Morgan fingerprint density at radius 3 is 2.77 bits per heavy atom. The number of amides is 1. The lowest BCUT2D eigenvalue weighted by atomic mass is 10.1. The summed E-state index contributed by atoms with van der Waals surface area (Å²) in [6.45, 7) is 8.83. The highest BCUT2D eigenvalue weighted by atomic mass is 35.5. The monoisotopic (exact) mass is 442 g/mol. The number of para-hydroxylation sites is 2. The normalized spacial score (nSPS) is 13.0. The van der Waals surface area contributed by atoms with Crippen molar-refractivity contribution in [1.82, 2.24) is 14.5 Å². The molecule has 0 unspecified atom stereocenters. The van der Waals surface area contributed by atoms with Gasteiger partial charge in [0.1, 0.15) is 13.2 Å². The quantitative estimate of drug-likeness (QED) is 0.571. The maximum Gasteiger partial charge on any atom is 0.231 e. The number of nitrogens with zero attached hydrogens (tertiary/aromatic N) is 3. The molecule has 0 saturated carbocycles. The van der Waals surface area contributed by atoms with Crippen LogP contribution in [0.2, 0.25) is 5.02 Å². The van der Waals surface area contributed by atoms with Gasteiger partial charge in [0.05, 0.1) is 22.5 Å². The largest absolute Gasteiger partial charge is 0.486 e. The fourth-order valence-electron chi connectivity index (χ4n) is 3.80. The minimum Gasteiger partial charge on any atom is -0.486 e. The Hall–Kier alpha value is -2.77. The van der Waals surface area contributed by atoms with Gasteiger partial charge in [0.15, 0.2) is 11.5 Å². The van der Waals surface area contributed by atoms with Crippen molar-refractivity contribution in [3.8, 4) is 11.5 Å². The molecule has 0 aliphatic carbocycles. The number of imidazole rings is 1. The van der Waals surface area contributed by atoms with Gasteiger partial charge in [-0.3, -0.25) is 10.1 Å². The number of likely N-dealkylation sites (N-methyl/N-ethyl adjacent to an activating group) is 1.